The van der Waals surface area contributed by atoms with Gasteiger partial charge in [0.25, 0.3) is 0 Å². The molecule has 11 nitrogen and oxygen atoms in total. The third-order valence-corrected chi connectivity index (χ3v) is 11.7. The van der Waals surface area contributed by atoms with Crippen molar-refractivity contribution in [2.75, 3.05) is 19.8 Å². The molecular weight excluding hydrogens is 799 g/mol. The van der Waals surface area contributed by atoms with E-state index in [1.807, 2.05) is 6.08 Å². The Balaban J connectivity index is 2.17. The molecule has 1 saturated heterocycles. The molecule has 0 aromatic heterocycles. The third kappa shape index (κ3) is 32.9. The van der Waals surface area contributed by atoms with Gasteiger partial charge in [0.1, 0.15) is 24.4 Å². The van der Waals surface area contributed by atoms with Crippen LogP contribution in [0.4, 0.5) is 0 Å². The van der Waals surface area contributed by atoms with Crippen molar-refractivity contribution in [1.82, 2.24) is 5.32 Å². The first-order chi connectivity index (χ1) is 30.7. The zero-order chi connectivity index (χ0) is 46.0. The lowest BCUT2D eigenvalue weighted by atomic mass is 9.99. The standard InChI is InChI=1S/C52H93NO10/c1-3-5-7-9-11-13-14-15-16-17-20-24-28-32-36-40-48(57)61-41-37-33-29-25-21-18-19-23-27-31-35-39-47(56)53-44(45(55)38-34-30-26-22-12-10-8-6-4-2)43-62-52-51(60)50(59)49(58)46(42-54)63-52/h11,13,15-16,21,25,34,38,44-46,49-52,54-55,58-60H,3-10,12,14,17-20,22-24,26-33,35-37,39-43H2,1-2H3,(H,53,56)/b13-11-,16-15-,25-21-,38-34+. The average Bonchev–Trinajstić information content (AvgIpc) is 3.28. The van der Waals surface area contributed by atoms with Crippen LogP contribution in [0.3, 0.4) is 0 Å². The van der Waals surface area contributed by atoms with Crippen LogP contribution in [0.15, 0.2) is 48.6 Å². The van der Waals surface area contributed by atoms with E-state index in [-0.39, 0.29) is 18.5 Å². The van der Waals surface area contributed by atoms with E-state index in [0.717, 1.165) is 96.3 Å². The van der Waals surface area contributed by atoms with Crippen LogP contribution in [0.5, 0.6) is 0 Å². The Labute approximate surface area is 383 Å². The summed E-state index contributed by atoms with van der Waals surface area (Å²) in [5.74, 6) is -0.289. The number of aliphatic hydroxyl groups excluding tert-OH is 5. The average molecular weight is 892 g/mol. The van der Waals surface area contributed by atoms with Crippen molar-refractivity contribution in [3.8, 4) is 0 Å². The molecule has 366 valence electrons. The van der Waals surface area contributed by atoms with E-state index >= 15 is 0 Å². The lowest BCUT2D eigenvalue weighted by Crippen LogP contribution is -2.60. The van der Waals surface area contributed by atoms with Crippen LogP contribution >= 0.6 is 0 Å². The predicted octanol–water partition coefficient (Wildman–Crippen LogP) is 10.2. The van der Waals surface area contributed by atoms with Crippen molar-refractivity contribution >= 4 is 11.9 Å². The van der Waals surface area contributed by atoms with Crippen molar-refractivity contribution in [2.45, 2.75) is 249 Å². The van der Waals surface area contributed by atoms with Gasteiger partial charge in [0, 0.05) is 12.8 Å². The van der Waals surface area contributed by atoms with Crippen molar-refractivity contribution in [1.29, 1.82) is 0 Å². The molecule has 1 fully saturated rings. The first-order valence-electron chi connectivity index (χ1n) is 25.4. The van der Waals surface area contributed by atoms with Gasteiger partial charge in [-0.3, -0.25) is 9.59 Å². The molecule has 6 N–H and O–H groups in total. The first-order valence-corrected chi connectivity index (χ1v) is 25.4. The molecule has 1 amide bonds. The number of carbonyl (C=O) groups excluding carboxylic acids is 2. The van der Waals surface area contributed by atoms with Crippen LogP contribution in [0.2, 0.25) is 0 Å². The monoisotopic (exact) mass is 892 g/mol. The minimum absolute atomic E-state index is 0.0726. The molecule has 0 aromatic rings. The maximum Gasteiger partial charge on any atom is 0.305 e. The van der Waals surface area contributed by atoms with E-state index in [9.17, 15) is 35.1 Å². The van der Waals surface area contributed by atoms with Gasteiger partial charge in [-0.15, -0.1) is 0 Å². The Hall–Kier alpha value is -2.38. The largest absolute Gasteiger partial charge is 0.466 e. The summed E-state index contributed by atoms with van der Waals surface area (Å²) in [6, 6.07) is -0.831. The van der Waals surface area contributed by atoms with Crippen molar-refractivity contribution in [2.24, 2.45) is 0 Å². The number of nitrogens with one attached hydrogen (secondary N) is 1. The van der Waals surface area contributed by atoms with Crippen LogP contribution < -0.4 is 5.32 Å². The molecule has 0 saturated carbocycles. The second kappa shape index (κ2) is 42.3. The summed E-state index contributed by atoms with van der Waals surface area (Å²) in [6.07, 6.45) is 40.5. The summed E-state index contributed by atoms with van der Waals surface area (Å²) in [5.41, 5.74) is 0. The van der Waals surface area contributed by atoms with Gasteiger partial charge in [-0.25, -0.2) is 0 Å². The van der Waals surface area contributed by atoms with Crippen LogP contribution in [-0.2, 0) is 23.8 Å². The van der Waals surface area contributed by atoms with E-state index in [1.165, 1.54) is 77.0 Å². The van der Waals surface area contributed by atoms with Gasteiger partial charge < -0.3 is 45.1 Å². The van der Waals surface area contributed by atoms with E-state index in [0.29, 0.717) is 25.9 Å². The molecule has 1 heterocycles. The van der Waals surface area contributed by atoms with E-state index < -0.39 is 49.5 Å². The highest BCUT2D eigenvalue weighted by atomic mass is 16.7. The molecule has 0 radical (unpaired) electrons. The summed E-state index contributed by atoms with van der Waals surface area (Å²) in [7, 11) is 0. The molecule has 0 aliphatic carbocycles. The first kappa shape index (κ1) is 58.6. The van der Waals surface area contributed by atoms with E-state index in [2.05, 4.69) is 55.6 Å². The van der Waals surface area contributed by atoms with Crippen LogP contribution in [-0.4, -0.2) is 100 Å². The van der Waals surface area contributed by atoms with Crippen molar-refractivity contribution in [3.63, 3.8) is 0 Å². The highest BCUT2D eigenvalue weighted by Crippen LogP contribution is 2.22. The summed E-state index contributed by atoms with van der Waals surface area (Å²) in [6.45, 7) is 4.15. The molecule has 1 aliphatic rings. The van der Waals surface area contributed by atoms with Gasteiger partial charge in [0.2, 0.25) is 5.91 Å². The van der Waals surface area contributed by atoms with Gasteiger partial charge in [0.05, 0.1) is 32.0 Å². The molecule has 0 aromatic carbocycles. The number of carbonyl (C=O) groups is 2. The minimum atomic E-state index is -1.58. The number of esters is 1. The highest BCUT2D eigenvalue weighted by molar-refractivity contribution is 5.76. The maximum atomic E-state index is 12.9. The fraction of sp³-hybridized carbons (Fsp3) is 0.808. The van der Waals surface area contributed by atoms with Gasteiger partial charge in [-0.05, 0) is 89.9 Å². The number of unbranched alkanes of at least 4 members (excludes halogenated alkanes) is 22. The fourth-order valence-corrected chi connectivity index (χ4v) is 7.51. The van der Waals surface area contributed by atoms with Crippen LogP contribution in [0.25, 0.3) is 0 Å². The summed E-state index contributed by atoms with van der Waals surface area (Å²) in [5, 5.41) is 54.0. The smallest absolute Gasteiger partial charge is 0.305 e. The van der Waals surface area contributed by atoms with E-state index in [1.54, 1.807) is 6.08 Å². The summed E-state index contributed by atoms with van der Waals surface area (Å²) in [4.78, 5) is 25.0. The number of hydrogen-bond donors (Lipinski definition) is 6. The number of ether oxygens (including phenoxy) is 3. The number of hydrogen-bond acceptors (Lipinski definition) is 10. The second-order valence-corrected chi connectivity index (χ2v) is 17.5. The molecule has 11 heteroatoms. The number of allylic oxidation sites excluding steroid dienone is 7. The number of aliphatic hydroxyl groups is 5. The second-order valence-electron chi connectivity index (χ2n) is 17.5. The van der Waals surface area contributed by atoms with Crippen molar-refractivity contribution < 1.29 is 49.3 Å². The topological polar surface area (TPSA) is 175 Å². The molecule has 1 aliphatic heterocycles. The molecule has 7 atom stereocenters. The molecule has 63 heavy (non-hydrogen) atoms. The van der Waals surface area contributed by atoms with Gasteiger partial charge in [0.15, 0.2) is 6.29 Å². The number of amides is 1. The molecule has 0 spiro atoms. The zero-order valence-electron chi connectivity index (χ0n) is 39.8. The Morgan fingerprint density at radius 2 is 1.06 bits per heavy atom. The lowest BCUT2D eigenvalue weighted by molar-refractivity contribution is -0.302. The minimum Gasteiger partial charge on any atom is -0.466 e. The van der Waals surface area contributed by atoms with Crippen molar-refractivity contribution in [3.05, 3.63) is 48.6 Å². The normalized spacial score (nSPS) is 20.4. The van der Waals surface area contributed by atoms with E-state index in [4.69, 9.17) is 14.2 Å². The predicted molar refractivity (Wildman–Crippen MR) is 255 cm³/mol. The van der Waals surface area contributed by atoms with Crippen LogP contribution in [0.1, 0.15) is 206 Å². The van der Waals surface area contributed by atoms with Gasteiger partial charge in [-0.2, -0.15) is 0 Å². The molecule has 1 rings (SSSR count). The maximum absolute atomic E-state index is 12.9. The molecular formula is C52H93NO10. The zero-order valence-corrected chi connectivity index (χ0v) is 39.8. The van der Waals surface area contributed by atoms with Gasteiger partial charge >= 0.3 is 5.97 Å². The molecule has 0 bridgehead atoms. The fourth-order valence-electron chi connectivity index (χ4n) is 7.51. The Morgan fingerprint density at radius 1 is 0.587 bits per heavy atom. The summed E-state index contributed by atoms with van der Waals surface area (Å²) >= 11 is 0. The van der Waals surface area contributed by atoms with Gasteiger partial charge in [-0.1, -0.05) is 152 Å². The third-order valence-electron chi connectivity index (χ3n) is 11.7. The molecule has 7 unspecified atom stereocenters. The Morgan fingerprint density at radius 3 is 1.65 bits per heavy atom. The Bertz CT molecular complexity index is 1190. The highest BCUT2D eigenvalue weighted by Gasteiger charge is 2.44. The Kier molecular flexibility index (Phi) is 39.3. The summed E-state index contributed by atoms with van der Waals surface area (Å²) < 4.78 is 16.6. The number of rotatable bonds is 42. The van der Waals surface area contributed by atoms with Crippen LogP contribution in [0, 0.1) is 0 Å². The lowest BCUT2D eigenvalue weighted by Gasteiger charge is -2.40. The quantitative estimate of drug-likeness (QED) is 0.0197. The SMILES string of the molecule is CCCCC/C=C\C/C=C\CCCCCCCC(=O)OCCCC/C=C\CCCCCCCC(=O)NC(COC1OC(CO)C(O)C(O)C1O)C(O)/C=C/CCCCCCCCC.